The molecule has 0 saturated carbocycles. The van der Waals surface area contributed by atoms with Crippen molar-refractivity contribution in [3.8, 4) is 0 Å². The van der Waals surface area contributed by atoms with Gasteiger partial charge in [0, 0.05) is 51.3 Å². The second-order valence-corrected chi connectivity index (χ2v) is 7.82. The highest BCUT2D eigenvalue weighted by molar-refractivity contribution is 7.86. The summed E-state index contributed by atoms with van der Waals surface area (Å²) in [6.45, 7) is 2.45. The van der Waals surface area contributed by atoms with Gasteiger partial charge in [-0.3, -0.25) is 0 Å². The molecule has 0 spiro atoms. The molecule has 1 fully saturated rings. The van der Waals surface area contributed by atoms with Crippen LogP contribution in [0.4, 0.5) is 5.69 Å². The largest absolute Gasteiger partial charge is 0.368 e. The van der Waals surface area contributed by atoms with E-state index in [1.54, 1.807) is 18.4 Å². The number of hydrogen-bond acceptors (Lipinski definition) is 3. The molecule has 1 aliphatic heterocycles. The lowest BCUT2D eigenvalue weighted by atomic mass is 10.1. The van der Waals surface area contributed by atoms with Crippen molar-refractivity contribution >= 4 is 26.7 Å². The lowest BCUT2D eigenvalue weighted by Crippen LogP contribution is -2.51. The number of hydrogen-bond donors (Lipinski definition) is 0. The summed E-state index contributed by atoms with van der Waals surface area (Å²) in [7, 11) is -0.156. The molecular weight excluding hydrogens is 298 g/mol. The van der Waals surface area contributed by atoms with Crippen molar-refractivity contribution in [3.63, 3.8) is 0 Å². The number of nitrogens with zero attached hydrogens (tertiary/aromatic N) is 3. The zero-order chi connectivity index (χ0) is 15.7. The second kappa shape index (κ2) is 5.87. The minimum Gasteiger partial charge on any atom is -0.368 e. The highest BCUT2D eigenvalue weighted by Crippen LogP contribution is 2.27. The molecule has 3 rings (SSSR count). The van der Waals surface area contributed by atoms with Crippen LogP contribution in [0.25, 0.3) is 10.8 Å². The summed E-state index contributed by atoms with van der Waals surface area (Å²) >= 11 is 0. The minimum atomic E-state index is -3.31. The van der Waals surface area contributed by atoms with Crippen LogP contribution < -0.4 is 4.90 Å². The Morgan fingerprint density at radius 2 is 1.55 bits per heavy atom. The maximum Gasteiger partial charge on any atom is 0.281 e. The molecule has 118 valence electrons. The fraction of sp³-hybridized carbons (Fsp3) is 0.375. The number of rotatable bonds is 3. The molecule has 1 saturated heterocycles. The van der Waals surface area contributed by atoms with Crippen LogP contribution in [-0.4, -0.2) is 57.3 Å². The Balaban J connectivity index is 1.82. The summed E-state index contributed by atoms with van der Waals surface area (Å²) in [5, 5.41) is 2.43. The third-order valence-electron chi connectivity index (χ3n) is 4.13. The van der Waals surface area contributed by atoms with Crippen LogP contribution in [0, 0.1) is 0 Å². The molecule has 0 aliphatic carbocycles. The van der Waals surface area contributed by atoms with Crippen molar-refractivity contribution in [1.29, 1.82) is 0 Å². The van der Waals surface area contributed by atoms with Gasteiger partial charge in [-0.15, -0.1) is 0 Å². The first-order chi connectivity index (χ1) is 10.5. The smallest absolute Gasteiger partial charge is 0.281 e. The second-order valence-electron chi connectivity index (χ2n) is 5.67. The monoisotopic (exact) mass is 319 g/mol. The van der Waals surface area contributed by atoms with E-state index in [4.69, 9.17) is 0 Å². The van der Waals surface area contributed by atoms with E-state index in [1.165, 1.54) is 20.8 Å². The van der Waals surface area contributed by atoms with E-state index in [0.29, 0.717) is 26.2 Å². The van der Waals surface area contributed by atoms with Gasteiger partial charge in [-0.2, -0.15) is 17.0 Å². The first kappa shape index (κ1) is 15.3. The van der Waals surface area contributed by atoms with Crippen molar-refractivity contribution in [2.24, 2.45) is 0 Å². The summed E-state index contributed by atoms with van der Waals surface area (Å²) in [5.74, 6) is 0. The number of anilines is 1. The zero-order valence-electron chi connectivity index (χ0n) is 12.9. The van der Waals surface area contributed by atoms with Gasteiger partial charge in [0.15, 0.2) is 0 Å². The molecule has 0 unspecified atom stereocenters. The number of piperazine rings is 1. The molecule has 1 heterocycles. The van der Waals surface area contributed by atoms with Gasteiger partial charge in [0.1, 0.15) is 0 Å². The highest BCUT2D eigenvalue weighted by atomic mass is 32.2. The van der Waals surface area contributed by atoms with Crippen LogP contribution in [0.5, 0.6) is 0 Å². The van der Waals surface area contributed by atoms with Gasteiger partial charge in [-0.1, -0.05) is 36.4 Å². The first-order valence-electron chi connectivity index (χ1n) is 7.40. The van der Waals surface area contributed by atoms with E-state index in [1.807, 2.05) is 12.1 Å². The van der Waals surface area contributed by atoms with Gasteiger partial charge in [0.05, 0.1) is 0 Å². The Morgan fingerprint density at radius 3 is 2.23 bits per heavy atom. The van der Waals surface area contributed by atoms with Crippen LogP contribution in [0.1, 0.15) is 0 Å². The molecule has 0 bridgehead atoms. The van der Waals surface area contributed by atoms with E-state index in [2.05, 4.69) is 35.2 Å². The fourth-order valence-corrected chi connectivity index (χ4v) is 3.96. The van der Waals surface area contributed by atoms with Gasteiger partial charge in [0.2, 0.25) is 0 Å². The normalized spacial score (nSPS) is 17.3. The Kier molecular flexibility index (Phi) is 4.08. The third kappa shape index (κ3) is 2.69. The third-order valence-corrected chi connectivity index (χ3v) is 6.07. The average Bonchev–Trinajstić information content (AvgIpc) is 2.54. The molecule has 0 amide bonds. The molecule has 22 heavy (non-hydrogen) atoms. The minimum absolute atomic E-state index is 0.518. The molecule has 6 heteroatoms. The van der Waals surface area contributed by atoms with Gasteiger partial charge < -0.3 is 4.90 Å². The lowest BCUT2D eigenvalue weighted by Gasteiger charge is -2.36. The van der Waals surface area contributed by atoms with Crippen molar-refractivity contribution in [2.45, 2.75) is 0 Å². The quantitative estimate of drug-likeness (QED) is 0.866. The molecular formula is C16H21N3O2S. The Labute approximate surface area is 131 Å². The molecule has 1 aliphatic rings. The van der Waals surface area contributed by atoms with Gasteiger partial charge in [-0.05, 0) is 11.5 Å². The molecule has 0 atom stereocenters. The van der Waals surface area contributed by atoms with Crippen molar-refractivity contribution < 1.29 is 8.42 Å². The van der Waals surface area contributed by atoms with Crippen LogP contribution in [0.2, 0.25) is 0 Å². The standard InChI is InChI=1S/C16H21N3O2S/c1-17(2)22(20,21)19-12-10-18(11-13-19)16-9-5-7-14-6-3-4-8-15(14)16/h3-9H,10-13H2,1-2H3. The zero-order valence-corrected chi connectivity index (χ0v) is 13.8. The predicted octanol–water partition coefficient (Wildman–Crippen LogP) is 1.77. The van der Waals surface area contributed by atoms with Crippen molar-refractivity contribution in [2.75, 3.05) is 45.2 Å². The summed E-state index contributed by atoms with van der Waals surface area (Å²) in [4.78, 5) is 2.27. The van der Waals surface area contributed by atoms with E-state index in [9.17, 15) is 8.42 Å². The Bertz CT molecular complexity index is 761. The molecule has 0 aromatic heterocycles. The molecule has 5 nitrogen and oxygen atoms in total. The molecule has 0 radical (unpaired) electrons. The summed E-state index contributed by atoms with van der Waals surface area (Å²) in [6.07, 6.45) is 0. The van der Waals surface area contributed by atoms with Crippen LogP contribution in [0.3, 0.4) is 0 Å². The summed E-state index contributed by atoms with van der Waals surface area (Å²) in [5.41, 5.74) is 1.18. The Morgan fingerprint density at radius 1 is 0.909 bits per heavy atom. The summed E-state index contributed by atoms with van der Waals surface area (Å²) in [6, 6.07) is 14.6. The first-order valence-corrected chi connectivity index (χ1v) is 8.80. The van der Waals surface area contributed by atoms with E-state index in [0.717, 1.165) is 0 Å². The predicted molar refractivity (Wildman–Crippen MR) is 90.3 cm³/mol. The fourth-order valence-electron chi connectivity index (χ4n) is 2.87. The average molecular weight is 319 g/mol. The van der Waals surface area contributed by atoms with Gasteiger partial charge in [0.25, 0.3) is 10.2 Å². The van der Waals surface area contributed by atoms with Crippen molar-refractivity contribution in [1.82, 2.24) is 8.61 Å². The van der Waals surface area contributed by atoms with Gasteiger partial charge >= 0.3 is 0 Å². The molecule has 2 aromatic rings. The maximum absolute atomic E-state index is 12.2. The van der Waals surface area contributed by atoms with E-state index >= 15 is 0 Å². The SMILES string of the molecule is CN(C)S(=O)(=O)N1CCN(c2cccc3ccccc23)CC1. The topological polar surface area (TPSA) is 43.9 Å². The molecule has 0 N–H and O–H groups in total. The van der Waals surface area contributed by atoms with Crippen molar-refractivity contribution in [3.05, 3.63) is 42.5 Å². The van der Waals surface area contributed by atoms with Crippen LogP contribution >= 0.6 is 0 Å². The van der Waals surface area contributed by atoms with E-state index < -0.39 is 10.2 Å². The number of fused-ring (bicyclic) bond motifs is 1. The van der Waals surface area contributed by atoms with Gasteiger partial charge in [-0.25, -0.2) is 0 Å². The highest BCUT2D eigenvalue weighted by Gasteiger charge is 2.28. The number of benzene rings is 2. The van der Waals surface area contributed by atoms with Crippen LogP contribution in [-0.2, 0) is 10.2 Å². The molecule has 2 aromatic carbocycles. The maximum atomic E-state index is 12.2. The summed E-state index contributed by atoms with van der Waals surface area (Å²) < 4.78 is 27.2. The lowest BCUT2D eigenvalue weighted by molar-refractivity contribution is 0.356. The van der Waals surface area contributed by atoms with E-state index in [-0.39, 0.29) is 0 Å². The Hall–Kier alpha value is -1.63. The van der Waals surface area contributed by atoms with Crippen LogP contribution in [0.15, 0.2) is 42.5 Å².